The van der Waals surface area contributed by atoms with Crippen LogP contribution in [-0.4, -0.2) is 35.4 Å². The van der Waals surface area contributed by atoms with Gasteiger partial charge in [0.25, 0.3) is 15.7 Å². The van der Waals surface area contributed by atoms with E-state index in [9.17, 15) is 26.9 Å². The molecular formula is C15H15N3O6S2. The Morgan fingerprint density at radius 2 is 1.81 bits per heavy atom. The largest absolute Gasteiger partial charge is 0.289 e. The normalized spacial score (nSPS) is 14.3. The smallest absolute Gasteiger partial charge is 0.266 e. The zero-order chi connectivity index (χ0) is 19.1. The van der Waals surface area contributed by atoms with Gasteiger partial charge >= 0.3 is 0 Å². The summed E-state index contributed by atoms with van der Waals surface area (Å²) in [5, 5.41) is 11.2. The highest BCUT2D eigenvalue weighted by Crippen LogP contribution is 2.36. The summed E-state index contributed by atoms with van der Waals surface area (Å²) in [6.45, 7) is 0.0762. The molecule has 0 aromatic heterocycles. The van der Waals surface area contributed by atoms with Crippen LogP contribution in [-0.2, 0) is 26.5 Å². The van der Waals surface area contributed by atoms with Gasteiger partial charge in [-0.2, -0.15) is 0 Å². The van der Waals surface area contributed by atoms with Gasteiger partial charge < -0.3 is 0 Å². The molecule has 138 valence electrons. The number of rotatable bonds is 5. The Kier molecular flexibility index (Phi) is 4.46. The number of fused-ring (bicyclic) bond motifs is 1. The number of nitro benzene ring substituents is 1. The number of nitrogens with one attached hydrogen (secondary N) is 1. The Hall–Kier alpha value is -2.50. The maximum absolute atomic E-state index is 13.0. The van der Waals surface area contributed by atoms with E-state index in [1.165, 1.54) is 43.4 Å². The topological polar surface area (TPSA) is 127 Å². The first-order valence-electron chi connectivity index (χ1n) is 7.51. The average molecular weight is 397 g/mol. The first kappa shape index (κ1) is 18.3. The van der Waals surface area contributed by atoms with Crippen LogP contribution >= 0.6 is 0 Å². The summed E-state index contributed by atoms with van der Waals surface area (Å²) in [5.41, 5.74) is 0.358. The number of nitro groups is 1. The first-order valence-corrected chi connectivity index (χ1v) is 10.4. The molecule has 1 heterocycles. The molecule has 0 radical (unpaired) electrons. The molecule has 0 saturated carbocycles. The highest BCUT2D eigenvalue weighted by Gasteiger charge is 2.35. The summed E-state index contributed by atoms with van der Waals surface area (Å²) in [6, 6.07) is 9.24. The minimum Gasteiger partial charge on any atom is -0.266 e. The van der Waals surface area contributed by atoms with Gasteiger partial charge in [-0.25, -0.2) is 21.6 Å². The first-order chi connectivity index (χ1) is 12.2. The monoisotopic (exact) mass is 397 g/mol. The summed E-state index contributed by atoms with van der Waals surface area (Å²) in [5.74, 6) is 0. The molecule has 9 nitrogen and oxygen atoms in total. The van der Waals surface area contributed by atoms with E-state index in [1.807, 2.05) is 0 Å². The van der Waals surface area contributed by atoms with E-state index in [0.717, 1.165) is 10.4 Å². The van der Waals surface area contributed by atoms with Gasteiger partial charge in [-0.3, -0.25) is 14.4 Å². The van der Waals surface area contributed by atoms with E-state index >= 15 is 0 Å². The van der Waals surface area contributed by atoms with Gasteiger partial charge in [0.15, 0.2) is 4.90 Å². The van der Waals surface area contributed by atoms with Crippen molar-refractivity contribution in [3.63, 3.8) is 0 Å². The molecule has 0 spiro atoms. The highest BCUT2D eigenvalue weighted by molar-refractivity contribution is 7.93. The van der Waals surface area contributed by atoms with E-state index in [4.69, 9.17) is 0 Å². The van der Waals surface area contributed by atoms with Crippen LogP contribution in [0.3, 0.4) is 0 Å². The second-order valence-corrected chi connectivity index (χ2v) is 9.27. The third-order valence-electron chi connectivity index (χ3n) is 4.11. The second-order valence-electron chi connectivity index (χ2n) is 5.55. The highest BCUT2D eigenvalue weighted by atomic mass is 32.2. The molecule has 0 bridgehead atoms. The average Bonchev–Trinajstić information content (AvgIpc) is 3.05. The lowest BCUT2D eigenvalue weighted by Gasteiger charge is -2.19. The van der Waals surface area contributed by atoms with Crippen molar-refractivity contribution in [2.45, 2.75) is 16.2 Å². The molecule has 11 heteroatoms. The predicted molar refractivity (Wildman–Crippen MR) is 94.0 cm³/mol. The van der Waals surface area contributed by atoms with E-state index < -0.39 is 35.6 Å². The molecule has 0 aliphatic carbocycles. The van der Waals surface area contributed by atoms with Crippen molar-refractivity contribution in [3.8, 4) is 0 Å². The van der Waals surface area contributed by atoms with Crippen molar-refractivity contribution >= 4 is 31.4 Å². The Labute approximate surface area is 150 Å². The summed E-state index contributed by atoms with van der Waals surface area (Å²) in [7, 11) is -6.52. The maximum atomic E-state index is 13.0. The van der Waals surface area contributed by atoms with Gasteiger partial charge in [0, 0.05) is 12.6 Å². The summed E-state index contributed by atoms with van der Waals surface area (Å²) in [4.78, 5) is 10.1. The molecule has 0 fully saturated rings. The molecule has 26 heavy (non-hydrogen) atoms. The van der Waals surface area contributed by atoms with Crippen LogP contribution in [0.2, 0.25) is 0 Å². The van der Waals surface area contributed by atoms with Gasteiger partial charge in [-0.15, -0.1) is 0 Å². The number of sulfonamides is 2. The lowest BCUT2D eigenvalue weighted by molar-refractivity contribution is -0.387. The molecule has 0 saturated heterocycles. The van der Waals surface area contributed by atoms with E-state index in [1.54, 1.807) is 0 Å². The summed E-state index contributed by atoms with van der Waals surface area (Å²) >= 11 is 0. The Morgan fingerprint density at radius 1 is 1.12 bits per heavy atom. The third-order valence-corrected chi connectivity index (χ3v) is 7.39. The third kappa shape index (κ3) is 2.93. The maximum Gasteiger partial charge on any atom is 0.289 e. The SMILES string of the molecule is CNS(=O)(=O)c1ccc2c(c1)CCN2S(=O)(=O)c1ccccc1[N+](=O)[O-]. The van der Waals surface area contributed by atoms with Crippen LogP contribution in [0.15, 0.2) is 52.3 Å². The Morgan fingerprint density at radius 3 is 2.46 bits per heavy atom. The number of para-hydroxylation sites is 1. The van der Waals surface area contributed by atoms with Crippen LogP contribution < -0.4 is 9.03 Å². The summed E-state index contributed by atoms with van der Waals surface area (Å²) in [6.07, 6.45) is 0.308. The minimum atomic E-state index is -4.16. The fraction of sp³-hybridized carbons (Fsp3) is 0.200. The number of hydrogen-bond donors (Lipinski definition) is 1. The van der Waals surface area contributed by atoms with Crippen LogP contribution in [0.25, 0.3) is 0 Å². The number of anilines is 1. The van der Waals surface area contributed by atoms with Crippen molar-refractivity contribution in [2.24, 2.45) is 0 Å². The van der Waals surface area contributed by atoms with Gasteiger partial charge in [0.1, 0.15) is 0 Å². The molecule has 1 N–H and O–H groups in total. The molecule has 2 aromatic carbocycles. The van der Waals surface area contributed by atoms with E-state index in [0.29, 0.717) is 17.7 Å². The fourth-order valence-corrected chi connectivity index (χ4v) is 5.27. The lowest BCUT2D eigenvalue weighted by Crippen LogP contribution is -2.29. The zero-order valence-electron chi connectivity index (χ0n) is 13.6. The van der Waals surface area contributed by atoms with Gasteiger partial charge in [0.05, 0.1) is 15.5 Å². The summed E-state index contributed by atoms with van der Waals surface area (Å²) < 4.78 is 53.0. The number of nitrogens with zero attached hydrogens (tertiary/aromatic N) is 2. The van der Waals surface area contributed by atoms with Crippen molar-refractivity contribution in [3.05, 3.63) is 58.1 Å². The fourth-order valence-electron chi connectivity index (χ4n) is 2.83. The Bertz CT molecular complexity index is 1100. The lowest BCUT2D eigenvalue weighted by atomic mass is 10.2. The molecule has 0 atom stereocenters. The van der Waals surface area contributed by atoms with Crippen molar-refractivity contribution < 1.29 is 21.8 Å². The number of hydrogen-bond acceptors (Lipinski definition) is 6. The van der Waals surface area contributed by atoms with E-state index in [2.05, 4.69) is 4.72 Å². The van der Waals surface area contributed by atoms with Crippen LogP contribution in [0.4, 0.5) is 11.4 Å². The quantitative estimate of drug-likeness (QED) is 0.598. The molecule has 0 unspecified atom stereocenters. The molecule has 2 aromatic rings. The number of benzene rings is 2. The van der Waals surface area contributed by atoms with Crippen LogP contribution in [0.1, 0.15) is 5.56 Å². The van der Waals surface area contributed by atoms with Crippen molar-refractivity contribution in [1.29, 1.82) is 0 Å². The van der Waals surface area contributed by atoms with E-state index in [-0.39, 0.29) is 11.4 Å². The molecule has 3 rings (SSSR count). The van der Waals surface area contributed by atoms with Gasteiger partial charge in [-0.1, -0.05) is 12.1 Å². The van der Waals surface area contributed by atoms with Crippen molar-refractivity contribution in [2.75, 3.05) is 17.9 Å². The van der Waals surface area contributed by atoms with Crippen LogP contribution in [0.5, 0.6) is 0 Å². The zero-order valence-corrected chi connectivity index (χ0v) is 15.2. The molecule has 1 aliphatic heterocycles. The van der Waals surface area contributed by atoms with Crippen LogP contribution in [0, 0.1) is 10.1 Å². The van der Waals surface area contributed by atoms with Crippen molar-refractivity contribution in [1.82, 2.24) is 4.72 Å². The van der Waals surface area contributed by atoms with Gasteiger partial charge in [-0.05, 0) is 43.3 Å². The molecular weight excluding hydrogens is 382 g/mol. The predicted octanol–water partition coefficient (Wildman–Crippen LogP) is 1.25. The Balaban J connectivity index is 2.08. The standard InChI is InChI=1S/C15H15N3O6S2/c1-16-25(21,22)12-6-7-13-11(10-12)8-9-17(13)26(23,24)15-5-3-2-4-14(15)18(19)20/h2-7,10,16H,8-9H2,1H3. The second kappa shape index (κ2) is 6.34. The molecule has 1 aliphatic rings. The van der Waals surface area contributed by atoms with Gasteiger partial charge in [0.2, 0.25) is 10.0 Å². The molecule has 0 amide bonds. The minimum absolute atomic E-state index is 0.0312.